The van der Waals surface area contributed by atoms with E-state index in [9.17, 15) is 18.5 Å². The molecule has 1 aliphatic rings. The summed E-state index contributed by atoms with van der Waals surface area (Å²) in [7, 11) is -2.62. The fraction of sp³-hybridized carbons (Fsp3) is 0.125. The molecular formula is C8H8N4O4S. The summed E-state index contributed by atoms with van der Waals surface area (Å²) in [6.07, 6.45) is 0. The fourth-order valence-electron chi connectivity index (χ4n) is 1.43. The van der Waals surface area contributed by atoms with E-state index < -0.39 is 14.9 Å². The molecule has 0 unspecified atom stereocenters. The Morgan fingerprint density at radius 1 is 1.47 bits per heavy atom. The molecule has 0 aromatic heterocycles. The van der Waals surface area contributed by atoms with E-state index in [1.165, 1.54) is 25.2 Å². The third-order valence-electron chi connectivity index (χ3n) is 2.36. The summed E-state index contributed by atoms with van der Waals surface area (Å²) < 4.78 is 24.6. The number of nitrogens with zero attached hydrogens (tertiary/aromatic N) is 3. The number of hydrogen-bond donors (Lipinski definition) is 1. The summed E-state index contributed by atoms with van der Waals surface area (Å²) in [6.45, 7) is 0. The lowest BCUT2D eigenvalue weighted by Crippen LogP contribution is -2.40. The number of hydrogen-bond acceptors (Lipinski definition) is 6. The first-order valence-electron chi connectivity index (χ1n) is 4.46. The lowest BCUT2D eigenvalue weighted by Gasteiger charge is -2.23. The average molecular weight is 256 g/mol. The van der Waals surface area contributed by atoms with Crippen molar-refractivity contribution in [3.05, 3.63) is 28.3 Å². The van der Waals surface area contributed by atoms with Gasteiger partial charge in [0.25, 0.3) is 15.7 Å². The van der Waals surface area contributed by atoms with E-state index in [0.717, 1.165) is 4.31 Å². The van der Waals surface area contributed by atoms with Crippen molar-refractivity contribution in [1.82, 2.24) is 4.31 Å². The van der Waals surface area contributed by atoms with Crippen LogP contribution in [-0.4, -0.2) is 30.7 Å². The van der Waals surface area contributed by atoms with E-state index in [-0.39, 0.29) is 22.2 Å². The van der Waals surface area contributed by atoms with Crippen LogP contribution < -0.4 is 5.73 Å². The molecule has 1 aromatic carbocycles. The maximum atomic E-state index is 11.9. The van der Waals surface area contributed by atoms with E-state index in [1.54, 1.807) is 0 Å². The van der Waals surface area contributed by atoms with Crippen LogP contribution in [0.1, 0.15) is 0 Å². The first-order chi connectivity index (χ1) is 7.85. The third kappa shape index (κ3) is 1.51. The highest BCUT2D eigenvalue weighted by Gasteiger charge is 2.34. The van der Waals surface area contributed by atoms with Crippen LogP contribution in [0.2, 0.25) is 0 Å². The smallest absolute Gasteiger partial charge is 0.296 e. The highest BCUT2D eigenvalue weighted by molar-refractivity contribution is 7.89. The summed E-state index contributed by atoms with van der Waals surface area (Å²) in [4.78, 5) is 13.6. The third-order valence-corrected chi connectivity index (χ3v) is 4.16. The average Bonchev–Trinajstić information content (AvgIpc) is 2.26. The summed E-state index contributed by atoms with van der Waals surface area (Å²) >= 11 is 0. The molecule has 17 heavy (non-hydrogen) atoms. The van der Waals surface area contributed by atoms with Crippen LogP contribution in [0.5, 0.6) is 0 Å². The molecule has 0 aliphatic carbocycles. The molecule has 0 spiro atoms. The van der Waals surface area contributed by atoms with Gasteiger partial charge in [-0.3, -0.25) is 10.1 Å². The van der Waals surface area contributed by atoms with Gasteiger partial charge in [0.05, 0.1) is 4.92 Å². The Morgan fingerprint density at radius 3 is 2.71 bits per heavy atom. The van der Waals surface area contributed by atoms with Crippen LogP contribution >= 0.6 is 0 Å². The number of sulfonamides is 1. The first kappa shape index (κ1) is 11.3. The van der Waals surface area contributed by atoms with Crippen molar-refractivity contribution in [3.8, 4) is 0 Å². The molecular weight excluding hydrogens is 248 g/mol. The molecule has 2 N–H and O–H groups in total. The van der Waals surface area contributed by atoms with Crippen LogP contribution in [0.25, 0.3) is 0 Å². The molecule has 1 aromatic rings. The van der Waals surface area contributed by atoms with Crippen LogP contribution in [-0.2, 0) is 10.0 Å². The monoisotopic (exact) mass is 256 g/mol. The maximum Gasteiger partial charge on any atom is 0.296 e. The number of fused-ring (bicyclic) bond motifs is 1. The summed E-state index contributed by atoms with van der Waals surface area (Å²) in [6, 6.07) is 3.72. The van der Waals surface area contributed by atoms with Gasteiger partial charge in [-0.25, -0.2) is 17.7 Å². The number of rotatable bonds is 1. The quantitative estimate of drug-likeness (QED) is 0.567. The van der Waals surface area contributed by atoms with Crippen molar-refractivity contribution in [2.75, 3.05) is 7.05 Å². The van der Waals surface area contributed by atoms with Crippen molar-refractivity contribution in [2.45, 2.75) is 4.90 Å². The predicted molar refractivity (Wildman–Crippen MR) is 59.3 cm³/mol. The van der Waals surface area contributed by atoms with Gasteiger partial charge in [0.2, 0.25) is 5.96 Å². The van der Waals surface area contributed by atoms with Gasteiger partial charge in [-0.15, -0.1) is 0 Å². The number of para-hydroxylation sites is 1. The Kier molecular flexibility index (Phi) is 2.28. The van der Waals surface area contributed by atoms with Gasteiger partial charge >= 0.3 is 0 Å². The molecule has 0 saturated carbocycles. The predicted octanol–water partition coefficient (Wildman–Crippen LogP) is 0.175. The van der Waals surface area contributed by atoms with E-state index in [1.807, 2.05) is 0 Å². The number of nitrogens with two attached hydrogens (primary N) is 1. The van der Waals surface area contributed by atoms with Crippen molar-refractivity contribution in [1.29, 1.82) is 0 Å². The normalized spacial score (nSPS) is 17.2. The van der Waals surface area contributed by atoms with Crippen molar-refractivity contribution >= 4 is 27.4 Å². The summed E-state index contributed by atoms with van der Waals surface area (Å²) in [5.41, 5.74) is 4.80. The minimum Gasteiger partial charge on any atom is -0.369 e. The number of benzene rings is 1. The topological polar surface area (TPSA) is 119 Å². The first-order valence-corrected chi connectivity index (χ1v) is 5.90. The van der Waals surface area contributed by atoms with Gasteiger partial charge in [0, 0.05) is 13.1 Å². The number of nitro groups is 1. The second kappa shape index (κ2) is 3.42. The standard InChI is InChI=1S/C8H8N4O4S/c1-11-8(9)10-7-5(12(13)14)3-2-4-6(7)17(11,15)16/h2-4H,1H3,(H2,9,10). The van der Waals surface area contributed by atoms with E-state index in [0.29, 0.717) is 0 Å². The molecule has 0 atom stereocenters. The van der Waals surface area contributed by atoms with Gasteiger partial charge in [0.1, 0.15) is 4.90 Å². The zero-order valence-electron chi connectivity index (χ0n) is 8.69. The molecule has 0 fully saturated rings. The van der Waals surface area contributed by atoms with Gasteiger partial charge in [-0.2, -0.15) is 0 Å². The van der Waals surface area contributed by atoms with E-state index in [4.69, 9.17) is 5.73 Å². The molecule has 0 bridgehead atoms. The SMILES string of the molecule is CN1C(N)=Nc2c([N+](=O)[O-])cccc2S1(=O)=O. The van der Waals surface area contributed by atoms with Crippen molar-refractivity contribution in [3.63, 3.8) is 0 Å². The van der Waals surface area contributed by atoms with Crippen molar-refractivity contribution < 1.29 is 13.3 Å². The van der Waals surface area contributed by atoms with Crippen LogP contribution in [0.4, 0.5) is 11.4 Å². The number of aliphatic imine (C=N–C) groups is 1. The zero-order chi connectivity index (χ0) is 12.8. The lowest BCUT2D eigenvalue weighted by molar-refractivity contribution is -0.384. The maximum absolute atomic E-state index is 11.9. The van der Waals surface area contributed by atoms with Gasteiger partial charge < -0.3 is 5.73 Å². The number of guanidine groups is 1. The minimum atomic E-state index is -3.85. The molecule has 0 saturated heterocycles. The fourth-order valence-corrected chi connectivity index (χ4v) is 2.66. The molecule has 8 nitrogen and oxygen atoms in total. The van der Waals surface area contributed by atoms with Gasteiger partial charge in [-0.1, -0.05) is 6.07 Å². The molecule has 2 rings (SSSR count). The summed E-state index contributed by atoms with van der Waals surface area (Å²) in [5.74, 6) is -0.299. The Balaban J connectivity index is 2.85. The Bertz CT molecular complexity index is 637. The van der Waals surface area contributed by atoms with Gasteiger partial charge in [0.15, 0.2) is 5.69 Å². The zero-order valence-corrected chi connectivity index (χ0v) is 9.51. The van der Waals surface area contributed by atoms with E-state index >= 15 is 0 Å². The van der Waals surface area contributed by atoms with Crippen LogP contribution in [0, 0.1) is 10.1 Å². The van der Waals surface area contributed by atoms with Crippen molar-refractivity contribution in [2.24, 2.45) is 10.7 Å². The highest BCUT2D eigenvalue weighted by atomic mass is 32.2. The Hall–Kier alpha value is -2.16. The molecule has 1 aliphatic heterocycles. The Morgan fingerprint density at radius 2 is 2.12 bits per heavy atom. The minimum absolute atomic E-state index is 0.219. The molecule has 0 amide bonds. The molecule has 0 radical (unpaired) electrons. The number of nitro benzene ring substituents is 1. The second-order valence-corrected chi connectivity index (χ2v) is 5.26. The van der Waals surface area contributed by atoms with Crippen LogP contribution in [0.3, 0.4) is 0 Å². The lowest BCUT2D eigenvalue weighted by atomic mass is 10.3. The summed E-state index contributed by atoms with van der Waals surface area (Å²) in [5, 5.41) is 10.8. The largest absolute Gasteiger partial charge is 0.369 e. The Labute approximate surface area is 96.6 Å². The molecule has 90 valence electrons. The highest BCUT2D eigenvalue weighted by Crippen LogP contribution is 2.37. The second-order valence-electron chi connectivity index (χ2n) is 3.32. The molecule has 1 heterocycles. The van der Waals surface area contributed by atoms with Gasteiger partial charge in [-0.05, 0) is 6.07 Å². The van der Waals surface area contributed by atoms with E-state index in [2.05, 4.69) is 4.99 Å². The molecule has 9 heteroatoms. The van der Waals surface area contributed by atoms with Crippen LogP contribution in [0.15, 0.2) is 28.1 Å².